The summed E-state index contributed by atoms with van der Waals surface area (Å²) in [5, 5.41) is 0. The highest BCUT2D eigenvalue weighted by molar-refractivity contribution is 7.94. The Morgan fingerprint density at radius 1 is 1.07 bits per heavy atom. The topological polar surface area (TPSA) is 101 Å². The van der Waals surface area contributed by atoms with Crippen molar-refractivity contribution in [1.82, 2.24) is 4.72 Å². The molecule has 4 rings (SSSR count). The minimum Gasteiger partial charge on any atom is -0.273 e. The van der Waals surface area contributed by atoms with E-state index in [0.717, 1.165) is 28.3 Å². The molecule has 1 amide bonds. The molecule has 0 bridgehead atoms. The molecule has 1 N–H and O–H groups in total. The van der Waals surface area contributed by atoms with Crippen molar-refractivity contribution in [1.29, 1.82) is 0 Å². The van der Waals surface area contributed by atoms with Crippen molar-refractivity contribution < 1.29 is 21.6 Å². The first-order chi connectivity index (χ1) is 14.0. The van der Waals surface area contributed by atoms with Crippen LogP contribution in [0.5, 0.6) is 0 Å². The lowest BCUT2D eigenvalue weighted by Crippen LogP contribution is -2.33. The van der Waals surface area contributed by atoms with E-state index in [-0.39, 0.29) is 22.4 Å². The molecular formula is C21H24N2O5S2. The van der Waals surface area contributed by atoms with E-state index in [4.69, 9.17) is 0 Å². The molecule has 2 aromatic carbocycles. The van der Waals surface area contributed by atoms with Gasteiger partial charge in [0.05, 0.1) is 21.8 Å². The molecule has 1 heterocycles. The molecule has 2 aliphatic rings. The van der Waals surface area contributed by atoms with Gasteiger partial charge >= 0.3 is 0 Å². The van der Waals surface area contributed by atoms with Gasteiger partial charge in [0.15, 0.2) is 0 Å². The van der Waals surface area contributed by atoms with Crippen LogP contribution in [0, 0.1) is 5.41 Å². The van der Waals surface area contributed by atoms with E-state index in [1.807, 2.05) is 24.3 Å². The first-order valence-corrected chi connectivity index (χ1v) is 12.9. The Morgan fingerprint density at radius 2 is 1.73 bits per heavy atom. The molecule has 30 heavy (non-hydrogen) atoms. The maximum Gasteiger partial charge on any atom is 0.247 e. The van der Waals surface area contributed by atoms with E-state index >= 15 is 0 Å². The van der Waals surface area contributed by atoms with E-state index in [2.05, 4.69) is 4.72 Å². The summed E-state index contributed by atoms with van der Waals surface area (Å²) in [5.41, 5.74) is 1.26. The largest absolute Gasteiger partial charge is 0.273 e. The lowest BCUT2D eigenvalue weighted by Gasteiger charge is -2.26. The Kier molecular flexibility index (Phi) is 5.03. The predicted octanol–water partition coefficient (Wildman–Crippen LogP) is 2.75. The van der Waals surface area contributed by atoms with E-state index < -0.39 is 31.4 Å². The summed E-state index contributed by atoms with van der Waals surface area (Å²) in [6.45, 7) is 3.16. The fraction of sp³-hybridized carbons (Fsp3) is 0.381. The van der Waals surface area contributed by atoms with Gasteiger partial charge in [-0.05, 0) is 68.5 Å². The number of aryl methyl sites for hydroxylation is 1. The molecule has 0 radical (unpaired) electrons. The lowest BCUT2D eigenvalue weighted by atomic mass is 9.88. The number of nitrogens with zero attached hydrogens (tertiary/aromatic N) is 1. The van der Waals surface area contributed by atoms with Crippen LogP contribution >= 0.6 is 0 Å². The van der Waals surface area contributed by atoms with Gasteiger partial charge in [0.2, 0.25) is 26.0 Å². The number of carbonyl (C=O) groups is 1. The SMILES string of the molecule is CC1(C)CS(=O)(=O)N(c2ccc(S(=O)(=O)NC3CCCc4ccccc43)cc2)C1=O. The molecule has 1 fully saturated rings. The zero-order valence-corrected chi connectivity index (χ0v) is 18.5. The fourth-order valence-electron chi connectivity index (χ4n) is 4.15. The van der Waals surface area contributed by atoms with Crippen molar-refractivity contribution in [2.75, 3.05) is 10.1 Å². The van der Waals surface area contributed by atoms with Crippen molar-refractivity contribution in [2.45, 2.75) is 44.0 Å². The Morgan fingerprint density at radius 3 is 2.37 bits per heavy atom. The number of hydrogen-bond acceptors (Lipinski definition) is 5. The van der Waals surface area contributed by atoms with Crippen LogP contribution < -0.4 is 9.03 Å². The number of fused-ring (bicyclic) bond motifs is 1. The molecule has 1 saturated heterocycles. The first kappa shape index (κ1) is 21.0. The standard InChI is InChI=1S/C21H24N2O5S2/c1-21(2)14-29(25,26)23(20(21)24)16-10-12-17(13-11-16)30(27,28)22-19-9-5-7-15-6-3-4-8-18(15)19/h3-4,6,8,10-13,19,22H,5,7,9,14H2,1-2H3. The van der Waals surface area contributed by atoms with E-state index in [1.165, 1.54) is 24.3 Å². The van der Waals surface area contributed by atoms with Crippen molar-refractivity contribution >= 4 is 31.6 Å². The quantitative estimate of drug-likeness (QED) is 0.775. The number of rotatable bonds is 4. The Bertz CT molecular complexity index is 1200. The number of hydrogen-bond donors (Lipinski definition) is 1. The van der Waals surface area contributed by atoms with Crippen LogP contribution in [-0.2, 0) is 31.3 Å². The van der Waals surface area contributed by atoms with Gasteiger partial charge in [0.1, 0.15) is 0 Å². The average Bonchev–Trinajstić information content (AvgIpc) is 2.84. The van der Waals surface area contributed by atoms with Gasteiger partial charge in [-0.2, -0.15) is 0 Å². The van der Waals surface area contributed by atoms with E-state index in [1.54, 1.807) is 13.8 Å². The lowest BCUT2D eigenvalue weighted by molar-refractivity contribution is -0.123. The Labute approximate surface area is 177 Å². The number of carbonyl (C=O) groups excluding carboxylic acids is 1. The fourth-order valence-corrected chi connectivity index (χ4v) is 7.51. The molecule has 160 valence electrons. The van der Waals surface area contributed by atoms with Gasteiger partial charge in [0, 0.05) is 6.04 Å². The minimum absolute atomic E-state index is 0.0256. The smallest absolute Gasteiger partial charge is 0.247 e. The van der Waals surface area contributed by atoms with Gasteiger partial charge in [-0.3, -0.25) is 4.79 Å². The highest BCUT2D eigenvalue weighted by atomic mass is 32.2. The molecule has 1 unspecified atom stereocenters. The zero-order valence-electron chi connectivity index (χ0n) is 16.8. The number of benzene rings is 2. The number of sulfonamides is 2. The number of amides is 1. The average molecular weight is 449 g/mol. The maximum atomic E-state index is 12.9. The summed E-state index contributed by atoms with van der Waals surface area (Å²) >= 11 is 0. The predicted molar refractivity (Wildman–Crippen MR) is 114 cm³/mol. The van der Waals surface area contributed by atoms with Crippen LogP contribution in [0.15, 0.2) is 53.4 Å². The minimum atomic E-state index is -3.81. The molecule has 9 heteroatoms. The van der Waals surface area contributed by atoms with Gasteiger partial charge in [-0.25, -0.2) is 25.9 Å². The van der Waals surface area contributed by atoms with Crippen LogP contribution in [-0.4, -0.2) is 28.5 Å². The van der Waals surface area contributed by atoms with Crippen molar-refractivity contribution in [2.24, 2.45) is 5.41 Å². The molecule has 1 atom stereocenters. The highest BCUT2D eigenvalue weighted by Gasteiger charge is 2.49. The molecule has 1 aliphatic carbocycles. The molecule has 7 nitrogen and oxygen atoms in total. The van der Waals surface area contributed by atoms with Crippen molar-refractivity contribution in [3.8, 4) is 0 Å². The third-order valence-corrected chi connectivity index (χ3v) is 9.14. The molecule has 0 spiro atoms. The van der Waals surface area contributed by atoms with Crippen LogP contribution in [0.2, 0.25) is 0 Å². The molecule has 2 aromatic rings. The maximum absolute atomic E-state index is 12.9. The second-order valence-corrected chi connectivity index (χ2v) is 12.0. The normalized spacial score (nSPS) is 22.7. The monoisotopic (exact) mass is 448 g/mol. The first-order valence-electron chi connectivity index (χ1n) is 9.79. The summed E-state index contributed by atoms with van der Waals surface area (Å²) < 4.78 is 54.2. The highest BCUT2D eigenvalue weighted by Crippen LogP contribution is 2.36. The Hall–Kier alpha value is -2.23. The van der Waals surface area contributed by atoms with Gasteiger partial charge < -0.3 is 0 Å². The van der Waals surface area contributed by atoms with E-state index in [9.17, 15) is 21.6 Å². The summed E-state index contributed by atoms with van der Waals surface area (Å²) in [4.78, 5) is 12.5. The summed E-state index contributed by atoms with van der Waals surface area (Å²) in [6.07, 6.45) is 2.54. The summed E-state index contributed by atoms with van der Waals surface area (Å²) in [5.74, 6) is -0.795. The summed E-state index contributed by atoms with van der Waals surface area (Å²) in [6, 6.07) is 12.9. The van der Waals surface area contributed by atoms with Gasteiger partial charge in [0.25, 0.3) is 0 Å². The van der Waals surface area contributed by atoms with Crippen LogP contribution in [0.1, 0.15) is 43.9 Å². The third-order valence-electron chi connectivity index (χ3n) is 5.63. The van der Waals surface area contributed by atoms with E-state index in [0.29, 0.717) is 6.42 Å². The van der Waals surface area contributed by atoms with Crippen molar-refractivity contribution in [3.63, 3.8) is 0 Å². The van der Waals surface area contributed by atoms with Gasteiger partial charge in [-0.1, -0.05) is 24.3 Å². The van der Waals surface area contributed by atoms with Crippen molar-refractivity contribution in [3.05, 3.63) is 59.7 Å². The van der Waals surface area contributed by atoms with Crippen LogP contribution in [0.3, 0.4) is 0 Å². The van der Waals surface area contributed by atoms with Crippen LogP contribution in [0.25, 0.3) is 0 Å². The number of anilines is 1. The molecule has 0 aromatic heterocycles. The number of nitrogens with one attached hydrogen (secondary N) is 1. The Balaban J connectivity index is 1.60. The summed E-state index contributed by atoms with van der Waals surface area (Å²) in [7, 11) is -7.59. The molecular weight excluding hydrogens is 424 g/mol. The molecule has 0 saturated carbocycles. The zero-order chi connectivity index (χ0) is 21.7. The van der Waals surface area contributed by atoms with Gasteiger partial charge in [-0.15, -0.1) is 0 Å². The van der Waals surface area contributed by atoms with Crippen LogP contribution in [0.4, 0.5) is 5.69 Å². The second kappa shape index (κ2) is 7.18. The molecule has 1 aliphatic heterocycles. The second-order valence-electron chi connectivity index (χ2n) is 8.47. The third kappa shape index (κ3) is 3.66.